The van der Waals surface area contributed by atoms with Gasteiger partial charge in [0.1, 0.15) is 11.9 Å². The Morgan fingerprint density at radius 2 is 2.21 bits per heavy atom. The molecule has 1 atom stereocenters. The Morgan fingerprint density at radius 1 is 1.53 bits per heavy atom. The molecule has 0 bridgehead atoms. The topological polar surface area (TPSA) is 84.3 Å². The summed E-state index contributed by atoms with van der Waals surface area (Å²) in [5.74, 6) is -0.162. The average molecular weight is 287 g/mol. The molecular formula is C12H21N3O3S. The molecule has 0 aromatic carbocycles. The Kier molecular flexibility index (Phi) is 5.68. The van der Waals surface area contributed by atoms with Gasteiger partial charge in [-0.25, -0.2) is 9.78 Å². The van der Waals surface area contributed by atoms with Crippen molar-refractivity contribution < 1.29 is 14.6 Å². The van der Waals surface area contributed by atoms with Crippen molar-refractivity contribution in [2.45, 2.75) is 45.1 Å². The predicted octanol–water partition coefficient (Wildman–Crippen LogP) is 2.13. The summed E-state index contributed by atoms with van der Waals surface area (Å²) in [5, 5.41) is 12.6. The predicted molar refractivity (Wildman–Crippen MR) is 74.8 cm³/mol. The van der Waals surface area contributed by atoms with E-state index in [4.69, 9.17) is 9.84 Å². The standard InChI is InChI=1S/C12H21N3O3S/c1-12(2,3)10-14-11(19-15-10)13-8(9(16)17)6-5-7-18-4/h8H,5-7H2,1-4H3,(H,16,17)(H,13,14,15). The van der Waals surface area contributed by atoms with Gasteiger partial charge in [0.05, 0.1) is 0 Å². The lowest BCUT2D eigenvalue weighted by atomic mass is 9.96. The van der Waals surface area contributed by atoms with Crippen molar-refractivity contribution in [2.24, 2.45) is 0 Å². The van der Waals surface area contributed by atoms with Crippen LogP contribution in [0.5, 0.6) is 0 Å². The van der Waals surface area contributed by atoms with Crippen LogP contribution in [0.3, 0.4) is 0 Å². The van der Waals surface area contributed by atoms with Gasteiger partial charge in [-0.05, 0) is 12.8 Å². The highest BCUT2D eigenvalue weighted by molar-refractivity contribution is 7.09. The van der Waals surface area contributed by atoms with Crippen molar-refractivity contribution in [2.75, 3.05) is 19.0 Å². The fourth-order valence-corrected chi connectivity index (χ4v) is 2.23. The highest BCUT2D eigenvalue weighted by Crippen LogP contribution is 2.23. The Hall–Kier alpha value is -1.21. The monoisotopic (exact) mass is 287 g/mol. The van der Waals surface area contributed by atoms with E-state index >= 15 is 0 Å². The highest BCUT2D eigenvalue weighted by Gasteiger charge is 2.22. The number of aromatic nitrogens is 2. The molecule has 108 valence electrons. The van der Waals surface area contributed by atoms with Crippen molar-refractivity contribution in [1.29, 1.82) is 0 Å². The maximum atomic E-state index is 11.2. The molecule has 0 aliphatic heterocycles. The molecule has 0 amide bonds. The molecule has 0 aliphatic rings. The summed E-state index contributed by atoms with van der Waals surface area (Å²) in [5.41, 5.74) is -0.134. The summed E-state index contributed by atoms with van der Waals surface area (Å²) in [6.07, 6.45) is 1.18. The van der Waals surface area contributed by atoms with E-state index in [1.54, 1.807) is 7.11 Å². The molecule has 1 heterocycles. The number of carboxylic acid groups (broad SMARTS) is 1. The first-order valence-corrected chi connectivity index (χ1v) is 6.94. The largest absolute Gasteiger partial charge is 0.480 e. The molecule has 6 nitrogen and oxygen atoms in total. The van der Waals surface area contributed by atoms with Gasteiger partial charge in [0, 0.05) is 30.7 Å². The van der Waals surface area contributed by atoms with Crippen molar-refractivity contribution >= 4 is 22.6 Å². The minimum absolute atomic E-state index is 0.134. The molecule has 0 spiro atoms. The number of carbonyl (C=O) groups is 1. The van der Waals surface area contributed by atoms with E-state index in [9.17, 15) is 4.79 Å². The maximum Gasteiger partial charge on any atom is 0.326 e. The molecule has 0 aliphatic carbocycles. The Bertz CT molecular complexity index is 415. The van der Waals surface area contributed by atoms with Gasteiger partial charge in [0.15, 0.2) is 0 Å². The summed E-state index contributed by atoms with van der Waals surface area (Å²) in [7, 11) is 1.60. The molecule has 1 rings (SSSR count). The molecule has 7 heteroatoms. The first-order chi connectivity index (χ1) is 8.84. The molecule has 19 heavy (non-hydrogen) atoms. The van der Waals surface area contributed by atoms with Crippen LogP contribution < -0.4 is 5.32 Å². The lowest BCUT2D eigenvalue weighted by Crippen LogP contribution is -2.29. The van der Waals surface area contributed by atoms with E-state index in [1.807, 2.05) is 20.8 Å². The molecule has 1 aromatic heterocycles. The zero-order valence-corrected chi connectivity index (χ0v) is 12.6. The number of anilines is 1. The molecule has 1 unspecified atom stereocenters. The van der Waals surface area contributed by atoms with E-state index in [2.05, 4.69) is 14.7 Å². The lowest BCUT2D eigenvalue weighted by Gasteiger charge is -2.14. The van der Waals surface area contributed by atoms with E-state index < -0.39 is 12.0 Å². The van der Waals surface area contributed by atoms with Crippen LogP contribution in [0.2, 0.25) is 0 Å². The van der Waals surface area contributed by atoms with Crippen LogP contribution in [0.4, 0.5) is 5.13 Å². The molecule has 1 aromatic rings. The highest BCUT2D eigenvalue weighted by atomic mass is 32.1. The fraction of sp³-hybridized carbons (Fsp3) is 0.750. The molecular weight excluding hydrogens is 266 g/mol. The van der Waals surface area contributed by atoms with Crippen LogP contribution in [-0.2, 0) is 14.9 Å². The number of nitrogens with zero attached hydrogens (tertiary/aromatic N) is 2. The van der Waals surface area contributed by atoms with Gasteiger partial charge in [-0.15, -0.1) is 0 Å². The second-order valence-corrected chi connectivity index (χ2v) is 6.10. The Balaban J connectivity index is 2.64. The zero-order chi connectivity index (χ0) is 14.5. The van der Waals surface area contributed by atoms with Crippen molar-refractivity contribution in [3.05, 3.63) is 5.82 Å². The smallest absolute Gasteiger partial charge is 0.326 e. The van der Waals surface area contributed by atoms with Crippen LogP contribution in [-0.4, -0.2) is 40.2 Å². The number of hydrogen-bond donors (Lipinski definition) is 2. The number of ether oxygens (including phenoxy) is 1. The molecule has 0 saturated carbocycles. The second kappa shape index (κ2) is 6.81. The number of nitrogens with one attached hydrogen (secondary N) is 1. The third-order valence-corrected chi connectivity index (χ3v) is 3.18. The molecule has 0 radical (unpaired) electrons. The van der Waals surface area contributed by atoms with Crippen LogP contribution in [0.25, 0.3) is 0 Å². The van der Waals surface area contributed by atoms with E-state index in [0.717, 1.165) is 5.82 Å². The van der Waals surface area contributed by atoms with Crippen LogP contribution in [0.15, 0.2) is 0 Å². The summed E-state index contributed by atoms with van der Waals surface area (Å²) < 4.78 is 9.17. The summed E-state index contributed by atoms with van der Waals surface area (Å²) in [4.78, 5) is 15.5. The van der Waals surface area contributed by atoms with Gasteiger partial charge >= 0.3 is 5.97 Å². The van der Waals surface area contributed by atoms with E-state index in [1.165, 1.54) is 11.5 Å². The van der Waals surface area contributed by atoms with Gasteiger partial charge in [-0.2, -0.15) is 4.37 Å². The number of rotatable bonds is 7. The van der Waals surface area contributed by atoms with Gasteiger partial charge in [-0.1, -0.05) is 20.8 Å². The second-order valence-electron chi connectivity index (χ2n) is 5.34. The first-order valence-electron chi connectivity index (χ1n) is 6.17. The van der Waals surface area contributed by atoms with Crippen molar-refractivity contribution in [1.82, 2.24) is 9.36 Å². The SMILES string of the molecule is COCCCC(Nc1nc(C(C)(C)C)ns1)C(=O)O. The maximum absolute atomic E-state index is 11.2. The summed E-state index contributed by atoms with van der Waals surface area (Å²) >= 11 is 1.19. The minimum Gasteiger partial charge on any atom is -0.480 e. The third kappa shape index (κ3) is 5.12. The average Bonchev–Trinajstić information content (AvgIpc) is 2.76. The molecule has 0 saturated heterocycles. The normalized spacial score (nSPS) is 13.3. The number of aliphatic carboxylic acids is 1. The minimum atomic E-state index is -0.886. The Morgan fingerprint density at radius 3 is 2.68 bits per heavy atom. The van der Waals surface area contributed by atoms with Crippen molar-refractivity contribution in [3.8, 4) is 0 Å². The van der Waals surface area contributed by atoms with Gasteiger partial charge in [0.25, 0.3) is 0 Å². The number of hydrogen-bond acceptors (Lipinski definition) is 6. The van der Waals surface area contributed by atoms with Crippen LogP contribution >= 0.6 is 11.5 Å². The van der Waals surface area contributed by atoms with Crippen LogP contribution in [0.1, 0.15) is 39.4 Å². The first kappa shape index (κ1) is 15.8. The zero-order valence-electron chi connectivity index (χ0n) is 11.8. The van der Waals surface area contributed by atoms with E-state index in [-0.39, 0.29) is 5.41 Å². The lowest BCUT2D eigenvalue weighted by molar-refractivity contribution is -0.138. The van der Waals surface area contributed by atoms with Crippen molar-refractivity contribution in [3.63, 3.8) is 0 Å². The molecule has 0 fully saturated rings. The summed E-state index contributed by atoms with van der Waals surface area (Å²) in [6.45, 7) is 6.61. The van der Waals surface area contributed by atoms with Gasteiger partial charge in [-0.3, -0.25) is 0 Å². The van der Waals surface area contributed by atoms with E-state index in [0.29, 0.717) is 24.6 Å². The Labute approximate surface area is 117 Å². The quantitative estimate of drug-likeness (QED) is 0.747. The fourth-order valence-electron chi connectivity index (χ4n) is 1.42. The summed E-state index contributed by atoms with van der Waals surface area (Å²) in [6, 6.07) is -0.657. The van der Waals surface area contributed by atoms with Gasteiger partial charge in [0.2, 0.25) is 5.13 Å². The number of carboxylic acids is 1. The number of methoxy groups -OCH3 is 1. The third-order valence-electron chi connectivity index (χ3n) is 2.53. The van der Waals surface area contributed by atoms with Crippen LogP contribution in [0, 0.1) is 0 Å². The van der Waals surface area contributed by atoms with Gasteiger partial charge < -0.3 is 15.2 Å². The molecule has 2 N–H and O–H groups in total.